The normalized spacial score (nSPS) is 10.5. The summed E-state index contributed by atoms with van der Waals surface area (Å²) in [4.78, 5) is 11.0. The third kappa shape index (κ3) is 7.65. The SMILES string of the molecule is C=C(C)C(=O)OCCCCO[SiH](CC)CC. The van der Waals surface area contributed by atoms with Crippen LogP contribution in [0.25, 0.3) is 0 Å². The number of carbonyl (C=O) groups excluding carboxylic acids is 1. The fourth-order valence-corrected chi connectivity index (χ4v) is 2.82. The Balaban J connectivity index is 3.34. The van der Waals surface area contributed by atoms with Crippen LogP contribution in [0.3, 0.4) is 0 Å². The highest BCUT2D eigenvalue weighted by Gasteiger charge is 2.05. The lowest BCUT2D eigenvalue weighted by Gasteiger charge is -2.11. The van der Waals surface area contributed by atoms with Crippen LogP contribution >= 0.6 is 0 Å². The Morgan fingerprint density at radius 2 is 1.75 bits per heavy atom. The second-order valence-corrected chi connectivity index (χ2v) is 7.14. The fraction of sp³-hybridized carbons (Fsp3) is 0.750. The summed E-state index contributed by atoms with van der Waals surface area (Å²) in [5.41, 5.74) is 0.459. The first kappa shape index (κ1) is 15.4. The van der Waals surface area contributed by atoms with Gasteiger partial charge in [-0.25, -0.2) is 4.79 Å². The van der Waals surface area contributed by atoms with Crippen molar-refractivity contribution in [2.45, 2.75) is 45.7 Å². The molecular formula is C12H24O3Si. The number of carbonyl (C=O) groups is 1. The van der Waals surface area contributed by atoms with E-state index in [1.54, 1.807) is 6.92 Å². The topological polar surface area (TPSA) is 35.5 Å². The summed E-state index contributed by atoms with van der Waals surface area (Å²) < 4.78 is 10.8. The van der Waals surface area contributed by atoms with E-state index in [0.717, 1.165) is 19.4 Å². The van der Waals surface area contributed by atoms with E-state index in [2.05, 4.69) is 20.4 Å². The number of esters is 1. The van der Waals surface area contributed by atoms with Crippen LogP contribution < -0.4 is 0 Å². The second-order valence-electron chi connectivity index (χ2n) is 3.93. The van der Waals surface area contributed by atoms with E-state index in [1.807, 2.05) is 0 Å². The largest absolute Gasteiger partial charge is 0.462 e. The van der Waals surface area contributed by atoms with E-state index in [0.29, 0.717) is 12.2 Å². The van der Waals surface area contributed by atoms with Crippen molar-refractivity contribution in [1.29, 1.82) is 0 Å². The highest BCUT2D eigenvalue weighted by molar-refractivity contribution is 6.51. The molecule has 0 aromatic rings. The summed E-state index contributed by atoms with van der Waals surface area (Å²) in [5.74, 6) is -0.296. The Morgan fingerprint density at radius 3 is 2.25 bits per heavy atom. The number of rotatable bonds is 9. The summed E-state index contributed by atoms with van der Waals surface area (Å²) in [6.45, 7) is 10.8. The standard InChI is InChI=1S/C12H24O3Si/c1-5-16(6-2)15-10-8-7-9-14-12(13)11(3)4/h16H,3,5-10H2,1-2,4H3. The average molecular weight is 244 g/mol. The summed E-state index contributed by atoms with van der Waals surface area (Å²) in [6, 6.07) is 2.39. The molecule has 0 bridgehead atoms. The van der Waals surface area contributed by atoms with Crippen molar-refractivity contribution >= 4 is 15.0 Å². The van der Waals surface area contributed by atoms with E-state index in [-0.39, 0.29) is 5.97 Å². The quantitative estimate of drug-likeness (QED) is 0.271. The maximum atomic E-state index is 11.0. The van der Waals surface area contributed by atoms with E-state index < -0.39 is 9.04 Å². The third-order valence-electron chi connectivity index (χ3n) is 2.38. The molecule has 3 nitrogen and oxygen atoms in total. The zero-order chi connectivity index (χ0) is 12.4. The molecule has 0 spiro atoms. The smallest absolute Gasteiger partial charge is 0.333 e. The molecule has 0 aliphatic rings. The molecule has 16 heavy (non-hydrogen) atoms. The molecule has 0 rings (SSSR count). The molecule has 0 heterocycles. The number of hydrogen-bond acceptors (Lipinski definition) is 3. The van der Waals surface area contributed by atoms with Crippen molar-refractivity contribution in [2.75, 3.05) is 13.2 Å². The van der Waals surface area contributed by atoms with Crippen LogP contribution in [0.4, 0.5) is 0 Å². The highest BCUT2D eigenvalue weighted by Crippen LogP contribution is 2.02. The first-order valence-electron chi connectivity index (χ1n) is 6.06. The Labute approximate surface area is 101 Å². The van der Waals surface area contributed by atoms with Gasteiger partial charge in [-0.1, -0.05) is 20.4 Å². The summed E-state index contributed by atoms with van der Waals surface area (Å²) >= 11 is 0. The third-order valence-corrected chi connectivity index (χ3v) is 4.91. The maximum absolute atomic E-state index is 11.0. The molecule has 0 aromatic heterocycles. The first-order valence-corrected chi connectivity index (χ1v) is 8.16. The van der Waals surface area contributed by atoms with Crippen LogP contribution in [0.15, 0.2) is 12.2 Å². The zero-order valence-electron chi connectivity index (χ0n) is 10.8. The van der Waals surface area contributed by atoms with Crippen LogP contribution in [0, 0.1) is 0 Å². The molecule has 0 aliphatic carbocycles. The average Bonchev–Trinajstić information content (AvgIpc) is 2.27. The van der Waals surface area contributed by atoms with Crippen LogP contribution in [0.2, 0.25) is 12.1 Å². The number of unbranched alkanes of at least 4 members (excludes halogenated alkanes) is 1. The minimum absolute atomic E-state index is 0.296. The lowest BCUT2D eigenvalue weighted by atomic mass is 10.3. The summed E-state index contributed by atoms with van der Waals surface area (Å²) in [5, 5.41) is 0. The van der Waals surface area contributed by atoms with Crippen molar-refractivity contribution in [1.82, 2.24) is 0 Å². The molecule has 0 radical (unpaired) electrons. The predicted molar refractivity (Wildman–Crippen MR) is 69.1 cm³/mol. The molecule has 0 atom stereocenters. The summed E-state index contributed by atoms with van der Waals surface area (Å²) in [7, 11) is -0.902. The van der Waals surface area contributed by atoms with E-state index in [4.69, 9.17) is 9.16 Å². The van der Waals surface area contributed by atoms with Crippen molar-refractivity contribution in [3.8, 4) is 0 Å². The Hall–Kier alpha value is -0.613. The second kappa shape index (κ2) is 9.60. The van der Waals surface area contributed by atoms with Gasteiger partial charge in [0.15, 0.2) is 9.04 Å². The first-order chi connectivity index (χ1) is 7.61. The van der Waals surface area contributed by atoms with Crippen molar-refractivity contribution in [2.24, 2.45) is 0 Å². The van der Waals surface area contributed by atoms with E-state index in [9.17, 15) is 4.79 Å². The van der Waals surface area contributed by atoms with Crippen LogP contribution in [-0.2, 0) is 14.0 Å². The Kier molecular flexibility index (Phi) is 9.23. The van der Waals surface area contributed by atoms with E-state index >= 15 is 0 Å². The monoisotopic (exact) mass is 244 g/mol. The van der Waals surface area contributed by atoms with Crippen LogP contribution in [0.1, 0.15) is 33.6 Å². The molecule has 94 valence electrons. The van der Waals surface area contributed by atoms with Gasteiger partial charge in [0.25, 0.3) is 0 Å². The minimum atomic E-state index is -0.902. The van der Waals surface area contributed by atoms with Crippen LogP contribution in [-0.4, -0.2) is 28.2 Å². The van der Waals surface area contributed by atoms with Crippen LogP contribution in [0.5, 0.6) is 0 Å². The van der Waals surface area contributed by atoms with Gasteiger partial charge in [0.05, 0.1) is 6.61 Å². The molecule has 0 unspecified atom stereocenters. The minimum Gasteiger partial charge on any atom is -0.462 e. The zero-order valence-corrected chi connectivity index (χ0v) is 11.9. The molecular weight excluding hydrogens is 220 g/mol. The van der Waals surface area contributed by atoms with Crippen molar-refractivity contribution < 1.29 is 14.0 Å². The summed E-state index contributed by atoms with van der Waals surface area (Å²) in [6.07, 6.45) is 1.83. The van der Waals surface area contributed by atoms with Gasteiger partial charge in [-0.05, 0) is 31.9 Å². The molecule has 0 aromatic carbocycles. The number of ether oxygens (including phenoxy) is 1. The predicted octanol–water partition coefficient (Wildman–Crippen LogP) is 2.67. The van der Waals surface area contributed by atoms with Crippen molar-refractivity contribution in [3.63, 3.8) is 0 Å². The molecule has 0 amide bonds. The molecule has 0 N–H and O–H groups in total. The fourth-order valence-electron chi connectivity index (χ4n) is 1.27. The maximum Gasteiger partial charge on any atom is 0.333 e. The molecule has 0 saturated carbocycles. The van der Waals surface area contributed by atoms with Gasteiger partial charge in [-0.2, -0.15) is 0 Å². The Morgan fingerprint density at radius 1 is 1.19 bits per heavy atom. The van der Waals surface area contributed by atoms with Crippen molar-refractivity contribution in [3.05, 3.63) is 12.2 Å². The molecule has 0 saturated heterocycles. The molecule has 0 aliphatic heterocycles. The van der Waals surface area contributed by atoms with Gasteiger partial charge in [-0.3, -0.25) is 0 Å². The molecule has 4 heteroatoms. The highest BCUT2D eigenvalue weighted by atomic mass is 28.3. The lowest BCUT2D eigenvalue weighted by Crippen LogP contribution is -2.16. The van der Waals surface area contributed by atoms with E-state index in [1.165, 1.54) is 12.1 Å². The Bertz CT molecular complexity index is 212. The molecule has 0 fully saturated rings. The van der Waals surface area contributed by atoms with Gasteiger partial charge >= 0.3 is 5.97 Å². The van der Waals surface area contributed by atoms with Gasteiger partial charge in [0.1, 0.15) is 0 Å². The number of hydrogen-bond donors (Lipinski definition) is 0. The van der Waals surface area contributed by atoms with Gasteiger partial charge in [-0.15, -0.1) is 0 Å². The van der Waals surface area contributed by atoms with Gasteiger partial charge in [0, 0.05) is 12.2 Å². The lowest BCUT2D eigenvalue weighted by molar-refractivity contribution is -0.139. The van der Waals surface area contributed by atoms with Gasteiger partial charge in [0.2, 0.25) is 0 Å². The van der Waals surface area contributed by atoms with Gasteiger partial charge < -0.3 is 9.16 Å².